The second kappa shape index (κ2) is 12.3. The minimum absolute atomic E-state index is 0.266. The Hall–Kier alpha value is -2.04. The fourth-order valence-corrected chi connectivity index (χ4v) is 12.8. The van der Waals surface area contributed by atoms with Crippen LogP contribution in [0, 0.1) is 0 Å². The van der Waals surface area contributed by atoms with Crippen molar-refractivity contribution >= 4 is 45.9 Å². The molecule has 1 radical (unpaired) electrons. The summed E-state index contributed by atoms with van der Waals surface area (Å²) >= 11 is 0. The lowest BCUT2D eigenvalue weighted by molar-refractivity contribution is 1.32. The molecule has 0 saturated carbocycles. The molecule has 0 aliphatic rings. The first-order valence-electron chi connectivity index (χ1n) is 11.4. The van der Waals surface area contributed by atoms with Gasteiger partial charge in [-0.3, -0.25) is 0 Å². The molecule has 32 heavy (non-hydrogen) atoms. The molecule has 0 aliphatic heterocycles. The van der Waals surface area contributed by atoms with Crippen LogP contribution < -0.4 is 21.2 Å². The van der Waals surface area contributed by atoms with Gasteiger partial charge in [-0.25, -0.2) is 0 Å². The van der Waals surface area contributed by atoms with Crippen molar-refractivity contribution in [3.8, 4) is 0 Å². The number of rotatable bonds is 10. The van der Waals surface area contributed by atoms with E-state index in [-0.39, 0.29) is 24.6 Å². The Labute approximate surface area is 197 Å². The first-order valence-corrected chi connectivity index (χ1v) is 16.8. The number of hydrogen-bond acceptors (Lipinski definition) is 0. The highest BCUT2D eigenvalue weighted by atomic mass is 31.1. The summed E-state index contributed by atoms with van der Waals surface area (Å²) in [6.07, 6.45) is 2.62. The fourth-order valence-electron chi connectivity index (χ4n) is 3.98. The van der Waals surface area contributed by atoms with Gasteiger partial charge in [0.15, 0.2) is 0 Å². The molecule has 0 aliphatic carbocycles. The van der Waals surface area contributed by atoms with Gasteiger partial charge in [-0.1, -0.05) is 140 Å². The van der Waals surface area contributed by atoms with E-state index in [2.05, 4.69) is 128 Å². The van der Waals surface area contributed by atoms with E-state index >= 15 is 0 Å². The molecule has 0 N–H and O–H groups in total. The van der Waals surface area contributed by atoms with Crippen molar-refractivity contribution in [2.45, 2.75) is 18.6 Å². The van der Waals surface area contributed by atoms with E-state index in [1.165, 1.54) is 45.6 Å². The van der Waals surface area contributed by atoms with Crippen molar-refractivity contribution in [2.24, 2.45) is 0 Å². The molecule has 0 fully saturated rings. The van der Waals surface area contributed by atoms with Crippen molar-refractivity contribution in [3.05, 3.63) is 121 Å². The number of hydrogen-bond donors (Lipinski definition) is 0. The molecule has 0 aromatic heterocycles. The van der Waals surface area contributed by atoms with Gasteiger partial charge in [-0.2, -0.15) is 0 Å². The van der Waals surface area contributed by atoms with Gasteiger partial charge in [0.2, 0.25) is 0 Å². The van der Waals surface area contributed by atoms with Crippen molar-refractivity contribution < 1.29 is 0 Å². The molecule has 0 bridgehead atoms. The third-order valence-corrected chi connectivity index (χ3v) is 13.9. The summed E-state index contributed by atoms with van der Waals surface area (Å²) in [5.74, 6) is 0. The molecular weight excluding hydrogens is 438 g/mol. The van der Waals surface area contributed by atoms with Gasteiger partial charge in [0.1, 0.15) is 0 Å². The van der Waals surface area contributed by atoms with E-state index < -0.39 is 0 Å². The second-order valence-electron chi connectivity index (χ2n) is 8.10. The molecule has 4 aromatic carbocycles. The van der Waals surface area contributed by atoms with Gasteiger partial charge < -0.3 is 0 Å². The third-order valence-electron chi connectivity index (χ3n) is 5.80. The van der Waals surface area contributed by atoms with Crippen molar-refractivity contribution in [1.82, 2.24) is 0 Å². The normalized spacial score (nSPS) is 11.4. The van der Waals surface area contributed by atoms with Crippen LogP contribution in [0.4, 0.5) is 0 Å². The zero-order valence-electron chi connectivity index (χ0n) is 18.8. The SMILES string of the molecule is C[Si](CCP(c1ccccc1)c1ccccc1)CCP(c1ccccc1)c1ccccc1. The Kier molecular flexibility index (Phi) is 8.86. The summed E-state index contributed by atoms with van der Waals surface area (Å²) in [7, 11) is -0.908. The van der Waals surface area contributed by atoms with Crippen LogP contribution in [0.25, 0.3) is 0 Å². The average Bonchev–Trinajstić information content (AvgIpc) is 2.87. The molecule has 0 spiro atoms. The highest BCUT2D eigenvalue weighted by Gasteiger charge is 2.18. The summed E-state index contributed by atoms with van der Waals surface area (Å²) in [4.78, 5) is 0. The summed E-state index contributed by atoms with van der Waals surface area (Å²) in [6, 6.07) is 47.4. The lowest BCUT2D eigenvalue weighted by Gasteiger charge is -2.22. The minimum Gasteiger partial charge on any atom is -0.0710 e. The smallest absolute Gasteiger partial charge is 0.0453 e. The maximum Gasteiger partial charge on any atom is 0.0453 e. The molecule has 0 nitrogen and oxygen atoms in total. The first-order chi connectivity index (χ1) is 15.8. The average molecular weight is 470 g/mol. The molecule has 3 heteroatoms. The van der Waals surface area contributed by atoms with E-state index in [0.717, 1.165) is 0 Å². The first kappa shape index (κ1) is 23.1. The van der Waals surface area contributed by atoms with E-state index in [1.807, 2.05) is 0 Å². The standard InChI is InChI=1S/C29H31P2Si/c1-32(24-22-30(26-14-6-2-7-15-26)27-16-8-3-9-17-27)25-23-31(28-18-10-4-11-19-28)29-20-12-5-13-21-29/h2-21H,22-25H2,1H3. The van der Waals surface area contributed by atoms with Gasteiger partial charge in [-0.05, 0) is 49.4 Å². The lowest BCUT2D eigenvalue weighted by Crippen LogP contribution is -2.20. The van der Waals surface area contributed by atoms with Crippen molar-refractivity contribution in [2.75, 3.05) is 12.3 Å². The van der Waals surface area contributed by atoms with Gasteiger partial charge in [0, 0.05) is 8.80 Å². The number of benzene rings is 4. The highest BCUT2D eigenvalue weighted by Crippen LogP contribution is 2.37. The van der Waals surface area contributed by atoms with Gasteiger partial charge >= 0.3 is 0 Å². The maximum atomic E-state index is 2.55. The molecule has 4 aromatic rings. The molecule has 0 amide bonds. The molecule has 0 atom stereocenters. The van der Waals surface area contributed by atoms with Crippen LogP contribution in [-0.2, 0) is 0 Å². The topological polar surface area (TPSA) is 0 Å². The largest absolute Gasteiger partial charge is 0.0710 e. The molecular formula is C29H31P2Si. The third kappa shape index (κ3) is 6.49. The summed E-state index contributed by atoms with van der Waals surface area (Å²) in [5, 5.41) is 6.05. The van der Waals surface area contributed by atoms with Gasteiger partial charge in [0.25, 0.3) is 0 Å². The van der Waals surface area contributed by atoms with E-state index in [1.54, 1.807) is 0 Å². The Bertz CT molecular complexity index is 874. The molecule has 4 rings (SSSR count). The summed E-state index contributed by atoms with van der Waals surface area (Å²) in [5.41, 5.74) is 0. The zero-order chi connectivity index (χ0) is 22.0. The Morgan fingerprint density at radius 1 is 0.438 bits per heavy atom. The van der Waals surface area contributed by atoms with E-state index in [4.69, 9.17) is 0 Å². The van der Waals surface area contributed by atoms with Crippen LogP contribution in [0.15, 0.2) is 121 Å². The van der Waals surface area contributed by atoms with Crippen LogP contribution >= 0.6 is 15.8 Å². The Morgan fingerprint density at radius 3 is 0.938 bits per heavy atom. The lowest BCUT2D eigenvalue weighted by atomic mass is 10.4. The summed E-state index contributed by atoms with van der Waals surface area (Å²) in [6.45, 7) is 2.55. The van der Waals surface area contributed by atoms with Crippen molar-refractivity contribution in [1.29, 1.82) is 0 Å². The van der Waals surface area contributed by atoms with Crippen LogP contribution in [-0.4, -0.2) is 21.1 Å². The van der Waals surface area contributed by atoms with Gasteiger partial charge in [-0.15, -0.1) is 0 Å². The van der Waals surface area contributed by atoms with Crippen LogP contribution in [0.2, 0.25) is 18.6 Å². The molecule has 0 heterocycles. The van der Waals surface area contributed by atoms with Crippen LogP contribution in [0.5, 0.6) is 0 Å². The van der Waals surface area contributed by atoms with Gasteiger partial charge in [0.05, 0.1) is 0 Å². The second-order valence-corrected chi connectivity index (χ2v) is 15.7. The maximum absolute atomic E-state index is 2.55. The Balaban J connectivity index is 1.42. The van der Waals surface area contributed by atoms with E-state index in [0.29, 0.717) is 0 Å². The minimum atomic E-state index is -0.375. The quantitative estimate of drug-likeness (QED) is 0.187. The van der Waals surface area contributed by atoms with Crippen LogP contribution in [0.3, 0.4) is 0 Å². The predicted octanol–water partition coefficient (Wildman–Crippen LogP) is 6.38. The van der Waals surface area contributed by atoms with Crippen LogP contribution in [0.1, 0.15) is 0 Å². The Morgan fingerprint density at radius 2 is 0.688 bits per heavy atom. The van der Waals surface area contributed by atoms with E-state index in [9.17, 15) is 0 Å². The zero-order valence-corrected chi connectivity index (χ0v) is 21.6. The predicted molar refractivity (Wildman–Crippen MR) is 149 cm³/mol. The summed E-state index contributed by atoms with van der Waals surface area (Å²) < 4.78 is 0. The fraction of sp³-hybridized carbons (Fsp3) is 0.172. The molecule has 161 valence electrons. The monoisotopic (exact) mass is 469 g/mol. The molecule has 0 unspecified atom stereocenters. The highest BCUT2D eigenvalue weighted by molar-refractivity contribution is 7.73. The molecule has 0 saturated heterocycles. The van der Waals surface area contributed by atoms with Crippen molar-refractivity contribution in [3.63, 3.8) is 0 Å².